The van der Waals surface area contributed by atoms with E-state index < -0.39 is 0 Å². The van der Waals surface area contributed by atoms with Gasteiger partial charge in [-0.05, 0) is 70.5 Å². The number of benzene rings is 5. The van der Waals surface area contributed by atoms with Crippen LogP contribution in [0.25, 0.3) is 66.1 Å². The quantitative estimate of drug-likeness (QED) is 0.0679. The summed E-state index contributed by atoms with van der Waals surface area (Å²) < 4.78 is 0. The van der Waals surface area contributed by atoms with E-state index >= 15 is 0 Å². The minimum Gasteiger partial charge on any atom is -0.512 e. The first-order chi connectivity index (χ1) is 24.9. The number of nitrogens with zero attached hydrogens (tertiary/aromatic N) is 2. The fraction of sp³-hybridized carbons (Fsp3) is 0.354. The number of hydrogen-bond acceptors (Lipinski definition) is 4. The van der Waals surface area contributed by atoms with E-state index in [-0.39, 0.29) is 54.8 Å². The van der Waals surface area contributed by atoms with E-state index in [0.29, 0.717) is 0 Å². The largest absolute Gasteiger partial charge is 0.512 e. The molecule has 1 aliphatic rings. The van der Waals surface area contributed by atoms with Gasteiger partial charge in [-0.25, -0.2) is 0 Å². The van der Waals surface area contributed by atoms with Crippen LogP contribution in [-0.2, 0) is 30.3 Å². The second-order valence-electron chi connectivity index (χ2n) is 15.6. The van der Waals surface area contributed by atoms with Crippen molar-refractivity contribution in [3.05, 3.63) is 108 Å². The van der Waals surface area contributed by atoms with Crippen molar-refractivity contribution in [1.29, 1.82) is 0 Å². The zero-order chi connectivity index (χ0) is 37.3. The smallest absolute Gasteiger partial charge is 0.162 e. The predicted molar refractivity (Wildman–Crippen MR) is 220 cm³/mol. The van der Waals surface area contributed by atoms with Crippen molar-refractivity contribution >= 4 is 38.4 Å². The number of aromatic nitrogens is 2. The second-order valence-corrected chi connectivity index (χ2v) is 15.6. The van der Waals surface area contributed by atoms with E-state index in [0.717, 1.165) is 59.1 Å². The molecular formula is C48H53IrN2O2-. The first-order valence-corrected chi connectivity index (χ1v) is 19.2. The minimum absolute atomic E-state index is 0. The van der Waals surface area contributed by atoms with E-state index in [2.05, 4.69) is 120 Å². The standard InChI is InChI=1S/C35H29N2.C13H24O2.Ir/c1-20(2)32-33(23-17-21-11-6-7-13-24(21)28(18-23)35(3,4)5)36-29-19-22-12-10-16-26-25-14-8-9-15-27(25)31(30(22)26)34(29)37-32;1-5-10(6-2)12(14)9-13(15)11(7-3)8-4;/h6-16,18-20H,1-5H3;9-11,14H,5-8H2,1-4H3;/q-1;;/b;12-9-;. The van der Waals surface area contributed by atoms with Gasteiger partial charge in [0.1, 0.15) is 0 Å². The van der Waals surface area contributed by atoms with Crippen LogP contribution in [0.15, 0.2) is 90.7 Å². The van der Waals surface area contributed by atoms with E-state index in [1.54, 1.807) is 0 Å². The Morgan fingerprint density at radius 1 is 0.792 bits per heavy atom. The molecule has 1 radical (unpaired) electrons. The van der Waals surface area contributed by atoms with Crippen LogP contribution in [0.5, 0.6) is 0 Å². The molecule has 5 aromatic carbocycles. The van der Waals surface area contributed by atoms with Crippen molar-refractivity contribution in [2.45, 2.75) is 99.3 Å². The van der Waals surface area contributed by atoms with Crippen LogP contribution >= 0.6 is 0 Å². The molecule has 0 saturated heterocycles. The summed E-state index contributed by atoms with van der Waals surface area (Å²) >= 11 is 0. The van der Waals surface area contributed by atoms with Gasteiger partial charge >= 0.3 is 0 Å². The summed E-state index contributed by atoms with van der Waals surface area (Å²) in [7, 11) is 0. The van der Waals surface area contributed by atoms with Gasteiger partial charge in [0.05, 0.1) is 16.8 Å². The summed E-state index contributed by atoms with van der Waals surface area (Å²) in [5.74, 6) is 0.769. The van der Waals surface area contributed by atoms with Crippen molar-refractivity contribution in [1.82, 2.24) is 9.97 Å². The summed E-state index contributed by atoms with van der Waals surface area (Å²) in [6, 6.07) is 32.0. The molecule has 1 heterocycles. The molecule has 0 saturated carbocycles. The third-order valence-corrected chi connectivity index (χ3v) is 10.8. The molecule has 277 valence electrons. The molecule has 53 heavy (non-hydrogen) atoms. The Bertz CT molecular complexity index is 2310. The normalized spacial score (nSPS) is 12.4. The summed E-state index contributed by atoms with van der Waals surface area (Å²) in [5, 5.41) is 14.6. The predicted octanol–water partition coefficient (Wildman–Crippen LogP) is 13.3. The average Bonchev–Trinajstić information content (AvgIpc) is 3.47. The Balaban J connectivity index is 0.000000290. The molecule has 6 aromatic rings. The van der Waals surface area contributed by atoms with E-state index in [1.807, 2.05) is 27.7 Å². The number of aliphatic hydroxyl groups is 1. The van der Waals surface area contributed by atoms with Gasteiger partial charge in [-0.1, -0.05) is 134 Å². The molecule has 5 heteroatoms. The molecule has 0 aliphatic heterocycles. The second kappa shape index (κ2) is 16.5. The van der Waals surface area contributed by atoms with E-state index in [1.165, 1.54) is 50.1 Å². The van der Waals surface area contributed by atoms with E-state index in [4.69, 9.17) is 9.97 Å². The minimum atomic E-state index is -0.00599. The molecule has 1 aromatic heterocycles. The molecule has 0 spiro atoms. The van der Waals surface area contributed by atoms with Gasteiger partial charge in [-0.15, -0.1) is 29.1 Å². The topological polar surface area (TPSA) is 63.1 Å². The van der Waals surface area contributed by atoms with Crippen LogP contribution in [0, 0.1) is 17.9 Å². The first kappa shape index (κ1) is 40.0. The van der Waals surface area contributed by atoms with Gasteiger partial charge in [0, 0.05) is 55.0 Å². The molecule has 1 aliphatic carbocycles. The van der Waals surface area contributed by atoms with Crippen molar-refractivity contribution in [2.75, 3.05) is 0 Å². The Labute approximate surface area is 329 Å². The molecule has 0 amide bonds. The van der Waals surface area contributed by atoms with Crippen LogP contribution < -0.4 is 0 Å². The number of allylic oxidation sites excluding steroid dienone is 2. The Hall–Kier alpha value is -4.18. The van der Waals surface area contributed by atoms with Gasteiger partial charge in [-0.2, -0.15) is 0 Å². The Kier molecular flexibility index (Phi) is 12.4. The number of carbonyl (C=O) groups is 1. The molecule has 7 rings (SSSR count). The van der Waals surface area contributed by atoms with Crippen LogP contribution in [0.4, 0.5) is 0 Å². The maximum absolute atomic E-state index is 11.7. The van der Waals surface area contributed by atoms with Crippen molar-refractivity contribution < 1.29 is 30.0 Å². The molecule has 4 nitrogen and oxygen atoms in total. The van der Waals surface area contributed by atoms with Crippen molar-refractivity contribution in [3.63, 3.8) is 0 Å². The van der Waals surface area contributed by atoms with Gasteiger partial charge in [0.25, 0.3) is 0 Å². The van der Waals surface area contributed by atoms with Crippen LogP contribution in [0.3, 0.4) is 0 Å². The number of hydrogen-bond donors (Lipinski definition) is 1. The third kappa shape index (κ3) is 7.75. The number of ketones is 1. The summed E-state index contributed by atoms with van der Waals surface area (Å²) in [4.78, 5) is 22.5. The first-order valence-electron chi connectivity index (χ1n) is 19.2. The fourth-order valence-electron chi connectivity index (χ4n) is 7.76. The van der Waals surface area contributed by atoms with Gasteiger partial charge < -0.3 is 5.11 Å². The Morgan fingerprint density at radius 2 is 1.42 bits per heavy atom. The number of fused-ring (bicyclic) bond motifs is 6. The van der Waals surface area contributed by atoms with Gasteiger partial charge in [0.2, 0.25) is 0 Å². The summed E-state index contributed by atoms with van der Waals surface area (Å²) in [5.41, 5.74) is 11.3. The van der Waals surface area contributed by atoms with Crippen LogP contribution in [0.1, 0.15) is 105 Å². The molecule has 0 bridgehead atoms. The number of rotatable bonds is 9. The third-order valence-electron chi connectivity index (χ3n) is 10.8. The van der Waals surface area contributed by atoms with Crippen molar-refractivity contribution in [2.24, 2.45) is 11.8 Å². The van der Waals surface area contributed by atoms with Crippen molar-refractivity contribution in [3.8, 4) is 33.5 Å². The molecule has 1 N–H and O–H groups in total. The number of carbonyl (C=O) groups excluding carboxylic acids is 1. The zero-order valence-corrected chi connectivity index (χ0v) is 35.1. The molecule has 0 unspecified atom stereocenters. The fourth-order valence-corrected chi connectivity index (χ4v) is 7.76. The van der Waals surface area contributed by atoms with Crippen LogP contribution in [0.2, 0.25) is 0 Å². The van der Waals surface area contributed by atoms with E-state index in [9.17, 15) is 9.90 Å². The zero-order valence-electron chi connectivity index (χ0n) is 32.7. The Morgan fingerprint density at radius 3 is 2.06 bits per heavy atom. The SMILES string of the molecule is CC(C)c1nc2c3c4c(cccc4cc2nc1-c1[c-]c2ccccc2c(C(C)(C)C)c1)-c1ccccc1-3.CCC(CC)C(=O)/C=C(\O)C(CC)CC.[Ir]. The van der Waals surface area contributed by atoms with Gasteiger partial charge in [-0.3, -0.25) is 14.8 Å². The van der Waals surface area contributed by atoms with Crippen LogP contribution in [-0.4, -0.2) is 20.9 Å². The average molecular weight is 882 g/mol. The summed E-state index contributed by atoms with van der Waals surface area (Å²) in [6.07, 6.45) is 4.91. The molecule has 0 atom stereocenters. The molecular weight excluding hydrogens is 829 g/mol. The number of aliphatic hydroxyl groups excluding tert-OH is 1. The maximum Gasteiger partial charge on any atom is 0.162 e. The van der Waals surface area contributed by atoms with Gasteiger partial charge in [0.15, 0.2) is 5.78 Å². The maximum atomic E-state index is 11.7. The molecule has 0 fully saturated rings. The monoisotopic (exact) mass is 882 g/mol. The summed E-state index contributed by atoms with van der Waals surface area (Å²) in [6.45, 7) is 19.3.